The van der Waals surface area contributed by atoms with E-state index in [4.69, 9.17) is 0 Å². The molecule has 0 aromatic heterocycles. The Labute approximate surface area is 127 Å². The van der Waals surface area contributed by atoms with E-state index in [9.17, 15) is 0 Å². The van der Waals surface area contributed by atoms with E-state index in [2.05, 4.69) is 66.5 Å². The molecule has 1 atom stereocenters. The van der Waals surface area contributed by atoms with Crippen molar-refractivity contribution in [2.24, 2.45) is 0 Å². The van der Waals surface area contributed by atoms with Gasteiger partial charge in [-0.15, -0.1) is 11.8 Å². The molecule has 1 heteroatoms. The average Bonchev–Trinajstić information content (AvgIpc) is 2.89. The second kappa shape index (κ2) is 6.16. The van der Waals surface area contributed by atoms with Gasteiger partial charge in [0.15, 0.2) is 0 Å². The summed E-state index contributed by atoms with van der Waals surface area (Å²) in [5.74, 6) is 6.03. The standard InChI is InChI=1S/C20H21N/c1-3-4-7-12-21-15(2)16-10-11-20-18(13-16)14-17-8-5-6-9-19(17)20/h5-6,8-11,13,15,21H,7,12,14H2,1-2H3. The van der Waals surface area contributed by atoms with Crippen molar-refractivity contribution in [2.75, 3.05) is 6.54 Å². The maximum atomic E-state index is 3.54. The summed E-state index contributed by atoms with van der Waals surface area (Å²) in [6.07, 6.45) is 1.98. The first-order valence-electron chi connectivity index (χ1n) is 7.63. The Morgan fingerprint density at radius 2 is 1.90 bits per heavy atom. The van der Waals surface area contributed by atoms with Crippen LogP contribution in [0.1, 0.15) is 43.0 Å². The molecular weight excluding hydrogens is 254 g/mol. The van der Waals surface area contributed by atoms with Crippen LogP contribution in [-0.4, -0.2) is 6.54 Å². The molecule has 2 aromatic carbocycles. The fraction of sp³-hybridized carbons (Fsp3) is 0.300. The second-order valence-corrected chi connectivity index (χ2v) is 5.60. The third kappa shape index (κ3) is 2.86. The largest absolute Gasteiger partial charge is 0.309 e. The molecule has 1 nitrogen and oxygen atoms in total. The number of fused-ring (bicyclic) bond motifs is 3. The third-order valence-electron chi connectivity index (χ3n) is 4.20. The van der Waals surface area contributed by atoms with Gasteiger partial charge in [-0.3, -0.25) is 0 Å². The van der Waals surface area contributed by atoms with Gasteiger partial charge < -0.3 is 5.32 Å². The fourth-order valence-electron chi connectivity index (χ4n) is 3.03. The Hall–Kier alpha value is -2.04. The summed E-state index contributed by atoms with van der Waals surface area (Å²) < 4.78 is 0. The summed E-state index contributed by atoms with van der Waals surface area (Å²) in [5.41, 5.74) is 7.07. The molecule has 0 radical (unpaired) electrons. The first-order chi connectivity index (χ1) is 10.3. The van der Waals surface area contributed by atoms with Crippen LogP contribution in [0.25, 0.3) is 11.1 Å². The maximum Gasteiger partial charge on any atom is 0.0292 e. The minimum atomic E-state index is 0.373. The second-order valence-electron chi connectivity index (χ2n) is 5.60. The molecule has 0 saturated heterocycles. The van der Waals surface area contributed by atoms with E-state index in [-0.39, 0.29) is 0 Å². The Bertz CT molecular complexity index is 703. The Kier molecular flexibility index (Phi) is 4.08. The predicted octanol–water partition coefficient (Wildman–Crippen LogP) is 4.32. The van der Waals surface area contributed by atoms with Crippen LogP contribution in [0.4, 0.5) is 0 Å². The normalized spacial score (nSPS) is 13.0. The first kappa shape index (κ1) is 13.9. The van der Waals surface area contributed by atoms with Crippen LogP contribution in [0.5, 0.6) is 0 Å². The maximum absolute atomic E-state index is 3.54. The van der Waals surface area contributed by atoms with Crippen LogP contribution >= 0.6 is 0 Å². The zero-order valence-electron chi connectivity index (χ0n) is 12.7. The molecule has 0 bridgehead atoms. The van der Waals surface area contributed by atoms with Gasteiger partial charge in [-0.2, -0.15) is 0 Å². The van der Waals surface area contributed by atoms with Crippen molar-refractivity contribution < 1.29 is 0 Å². The van der Waals surface area contributed by atoms with Gasteiger partial charge in [-0.25, -0.2) is 0 Å². The van der Waals surface area contributed by atoms with Crippen LogP contribution in [0.15, 0.2) is 42.5 Å². The smallest absolute Gasteiger partial charge is 0.0292 e. The average molecular weight is 275 g/mol. The highest BCUT2D eigenvalue weighted by Gasteiger charge is 2.18. The van der Waals surface area contributed by atoms with E-state index >= 15 is 0 Å². The van der Waals surface area contributed by atoms with Gasteiger partial charge in [0, 0.05) is 19.0 Å². The molecule has 0 spiro atoms. The lowest BCUT2D eigenvalue weighted by atomic mass is 10.0. The number of benzene rings is 2. The van der Waals surface area contributed by atoms with E-state index in [1.165, 1.54) is 27.8 Å². The van der Waals surface area contributed by atoms with Crippen molar-refractivity contribution in [3.8, 4) is 23.0 Å². The van der Waals surface area contributed by atoms with Gasteiger partial charge in [-0.1, -0.05) is 42.5 Å². The van der Waals surface area contributed by atoms with Crippen LogP contribution in [-0.2, 0) is 6.42 Å². The Morgan fingerprint density at radius 3 is 2.76 bits per heavy atom. The zero-order chi connectivity index (χ0) is 14.7. The summed E-state index contributed by atoms with van der Waals surface area (Å²) >= 11 is 0. The van der Waals surface area contributed by atoms with Crippen molar-refractivity contribution in [3.63, 3.8) is 0 Å². The lowest BCUT2D eigenvalue weighted by Crippen LogP contribution is -2.19. The fourth-order valence-corrected chi connectivity index (χ4v) is 3.03. The molecule has 0 heterocycles. The molecule has 1 aliphatic carbocycles. The molecule has 1 N–H and O–H groups in total. The predicted molar refractivity (Wildman–Crippen MR) is 89.2 cm³/mol. The lowest BCUT2D eigenvalue weighted by molar-refractivity contribution is 0.584. The van der Waals surface area contributed by atoms with Crippen molar-refractivity contribution >= 4 is 0 Å². The zero-order valence-corrected chi connectivity index (χ0v) is 12.7. The van der Waals surface area contributed by atoms with Gasteiger partial charge in [0.05, 0.1) is 0 Å². The molecule has 0 fully saturated rings. The van der Waals surface area contributed by atoms with E-state index in [0.717, 1.165) is 19.4 Å². The summed E-state index contributed by atoms with van der Waals surface area (Å²) in [5, 5.41) is 3.54. The van der Waals surface area contributed by atoms with Gasteiger partial charge in [0.2, 0.25) is 0 Å². The third-order valence-corrected chi connectivity index (χ3v) is 4.20. The minimum Gasteiger partial charge on any atom is -0.309 e. The van der Waals surface area contributed by atoms with E-state index < -0.39 is 0 Å². The van der Waals surface area contributed by atoms with Crippen LogP contribution in [0.2, 0.25) is 0 Å². The molecule has 1 unspecified atom stereocenters. The minimum absolute atomic E-state index is 0.373. The van der Waals surface area contributed by atoms with Gasteiger partial charge in [0.1, 0.15) is 0 Å². The molecule has 0 saturated carbocycles. The molecule has 3 rings (SSSR count). The molecule has 2 aromatic rings. The Balaban J connectivity index is 1.75. The number of rotatable bonds is 4. The van der Waals surface area contributed by atoms with Crippen molar-refractivity contribution in [1.82, 2.24) is 5.32 Å². The Morgan fingerprint density at radius 1 is 1.10 bits per heavy atom. The molecular formula is C20H21N. The van der Waals surface area contributed by atoms with Crippen LogP contribution in [0, 0.1) is 11.8 Å². The number of hydrogen-bond donors (Lipinski definition) is 1. The monoisotopic (exact) mass is 275 g/mol. The van der Waals surface area contributed by atoms with Gasteiger partial charge >= 0.3 is 0 Å². The highest BCUT2D eigenvalue weighted by atomic mass is 14.9. The highest BCUT2D eigenvalue weighted by Crippen LogP contribution is 2.37. The number of hydrogen-bond acceptors (Lipinski definition) is 1. The highest BCUT2D eigenvalue weighted by molar-refractivity contribution is 5.76. The molecule has 106 valence electrons. The molecule has 21 heavy (non-hydrogen) atoms. The van der Waals surface area contributed by atoms with Crippen molar-refractivity contribution in [3.05, 3.63) is 59.2 Å². The first-order valence-corrected chi connectivity index (χ1v) is 7.63. The summed E-state index contributed by atoms with van der Waals surface area (Å²) in [6.45, 7) is 5.06. The van der Waals surface area contributed by atoms with Gasteiger partial charge in [0.25, 0.3) is 0 Å². The molecule has 1 aliphatic rings. The van der Waals surface area contributed by atoms with Gasteiger partial charge in [-0.05, 0) is 48.1 Å². The molecule has 0 amide bonds. The summed E-state index contributed by atoms with van der Waals surface area (Å²) in [4.78, 5) is 0. The van der Waals surface area contributed by atoms with E-state index in [1.807, 2.05) is 6.92 Å². The van der Waals surface area contributed by atoms with Crippen molar-refractivity contribution in [2.45, 2.75) is 32.7 Å². The quantitative estimate of drug-likeness (QED) is 0.552. The lowest BCUT2D eigenvalue weighted by Gasteiger charge is -2.14. The molecule has 0 aliphatic heterocycles. The SMILES string of the molecule is CC#CCCNC(C)c1ccc2c(c1)Cc1ccccc1-2. The summed E-state index contributed by atoms with van der Waals surface area (Å²) in [6, 6.07) is 16.0. The summed E-state index contributed by atoms with van der Waals surface area (Å²) in [7, 11) is 0. The van der Waals surface area contributed by atoms with Crippen molar-refractivity contribution in [1.29, 1.82) is 0 Å². The van der Waals surface area contributed by atoms with Crippen LogP contribution < -0.4 is 5.32 Å². The van der Waals surface area contributed by atoms with E-state index in [0.29, 0.717) is 6.04 Å². The van der Waals surface area contributed by atoms with E-state index in [1.54, 1.807) is 0 Å². The number of nitrogens with one attached hydrogen (secondary N) is 1. The topological polar surface area (TPSA) is 12.0 Å². The van der Waals surface area contributed by atoms with Crippen LogP contribution in [0.3, 0.4) is 0 Å².